The van der Waals surface area contributed by atoms with Crippen LogP contribution in [-0.4, -0.2) is 5.11 Å². The van der Waals surface area contributed by atoms with Gasteiger partial charge in [-0.2, -0.15) is 0 Å². The molecule has 0 bridgehead atoms. The van der Waals surface area contributed by atoms with Gasteiger partial charge in [-0.3, -0.25) is 0 Å². The fraction of sp³-hybridized carbons (Fsp3) is 0.500. The van der Waals surface area contributed by atoms with Gasteiger partial charge in [0, 0.05) is 0 Å². The van der Waals surface area contributed by atoms with Crippen LogP contribution in [0.5, 0.6) is 0 Å². The van der Waals surface area contributed by atoms with E-state index in [0.717, 1.165) is 18.4 Å². The maximum atomic E-state index is 10.1. The topological polar surface area (TPSA) is 20.2 Å². The highest BCUT2D eigenvalue weighted by Crippen LogP contribution is 2.47. The minimum absolute atomic E-state index is 0.484. The average molecular weight is 176 g/mol. The molecule has 1 nitrogen and oxygen atoms in total. The lowest BCUT2D eigenvalue weighted by Crippen LogP contribution is -2.09. The van der Waals surface area contributed by atoms with Crippen molar-refractivity contribution in [2.45, 2.75) is 39.2 Å². The summed E-state index contributed by atoms with van der Waals surface area (Å²) < 4.78 is 0. The summed E-state index contributed by atoms with van der Waals surface area (Å²) >= 11 is 0. The van der Waals surface area contributed by atoms with E-state index in [9.17, 15) is 5.11 Å². The third-order valence-electron chi connectivity index (χ3n) is 2.87. The summed E-state index contributed by atoms with van der Waals surface area (Å²) in [5.74, 6) is 0. The standard InChI is InChI=1S/C12H16O/c1-8-6-9(2)11(10(3)7-8)12(13)4-5-12/h6-7,13H,4-5H2,1-3H3. The summed E-state index contributed by atoms with van der Waals surface area (Å²) in [6.07, 6.45) is 1.86. The summed E-state index contributed by atoms with van der Waals surface area (Å²) in [7, 11) is 0. The molecule has 1 aliphatic rings. The molecule has 1 aromatic rings. The molecule has 70 valence electrons. The molecule has 1 heteroatoms. The number of benzene rings is 1. The fourth-order valence-electron chi connectivity index (χ4n) is 2.28. The molecule has 0 unspecified atom stereocenters. The van der Waals surface area contributed by atoms with Crippen LogP contribution in [-0.2, 0) is 5.60 Å². The number of aliphatic hydroxyl groups is 1. The molecule has 1 fully saturated rings. The highest BCUT2D eigenvalue weighted by atomic mass is 16.3. The van der Waals surface area contributed by atoms with Crippen molar-refractivity contribution in [3.8, 4) is 0 Å². The molecule has 0 spiro atoms. The third-order valence-corrected chi connectivity index (χ3v) is 2.87. The van der Waals surface area contributed by atoms with Crippen LogP contribution in [0.25, 0.3) is 0 Å². The second kappa shape index (κ2) is 2.58. The minimum Gasteiger partial charge on any atom is -0.385 e. The Balaban J connectivity index is 2.57. The average Bonchev–Trinajstić information content (AvgIpc) is 2.65. The van der Waals surface area contributed by atoms with Gasteiger partial charge in [-0.15, -0.1) is 0 Å². The quantitative estimate of drug-likeness (QED) is 0.697. The molecule has 0 amide bonds. The second-order valence-corrected chi connectivity index (χ2v) is 4.31. The zero-order chi connectivity index (χ0) is 9.64. The summed E-state index contributed by atoms with van der Waals surface area (Å²) in [6, 6.07) is 4.30. The molecule has 0 saturated heterocycles. The van der Waals surface area contributed by atoms with Crippen LogP contribution in [0.3, 0.4) is 0 Å². The monoisotopic (exact) mass is 176 g/mol. The Kier molecular flexibility index (Phi) is 1.74. The molecular formula is C12H16O. The molecule has 0 aliphatic heterocycles. The van der Waals surface area contributed by atoms with Crippen molar-refractivity contribution in [2.24, 2.45) is 0 Å². The van der Waals surface area contributed by atoms with Crippen molar-refractivity contribution in [3.63, 3.8) is 0 Å². The van der Waals surface area contributed by atoms with Crippen molar-refractivity contribution >= 4 is 0 Å². The number of hydrogen-bond donors (Lipinski definition) is 1. The van der Waals surface area contributed by atoms with Gasteiger partial charge in [-0.05, 0) is 50.3 Å². The van der Waals surface area contributed by atoms with Gasteiger partial charge >= 0.3 is 0 Å². The number of hydrogen-bond acceptors (Lipinski definition) is 1. The van der Waals surface area contributed by atoms with E-state index in [4.69, 9.17) is 0 Å². The maximum absolute atomic E-state index is 10.1. The van der Waals surface area contributed by atoms with Gasteiger partial charge in [0.2, 0.25) is 0 Å². The first-order valence-corrected chi connectivity index (χ1v) is 4.84. The Morgan fingerprint density at radius 3 is 1.92 bits per heavy atom. The molecule has 13 heavy (non-hydrogen) atoms. The predicted octanol–water partition coefficient (Wildman–Crippen LogP) is 2.59. The van der Waals surface area contributed by atoms with E-state index in [1.807, 2.05) is 0 Å². The first kappa shape index (κ1) is 8.76. The van der Waals surface area contributed by atoms with Crippen LogP contribution >= 0.6 is 0 Å². The molecule has 1 saturated carbocycles. The van der Waals surface area contributed by atoms with E-state index in [2.05, 4.69) is 32.9 Å². The molecule has 2 rings (SSSR count). The Hall–Kier alpha value is -0.820. The summed E-state index contributed by atoms with van der Waals surface area (Å²) in [5, 5.41) is 10.1. The van der Waals surface area contributed by atoms with E-state index in [0.29, 0.717) is 0 Å². The summed E-state index contributed by atoms with van der Waals surface area (Å²) in [4.78, 5) is 0. The van der Waals surface area contributed by atoms with Gasteiger partial charge in [0.1, 0.15) is 0 Å². The first-order valence-electron chi connectivity index (χ1n) is 4.84. The van der Waals surface area contributed by atoms with Gasteiger partial charge in [0.15, 0.2) is 0 Å². The van der Waals surface area contributed by atoms with Gasteiger partial charge in [-0.25, -0.2) is 0 Å². The lowest BCUT2D eigenvalue weighted by atomic mass is 9.94. The van der Waals surface area contributed by atoms with Crippen molar-refractivity contribution in [1.82, 2.24) is 0 Å². The molecule has 0 aromatic heterocycles. The van der Waals surface area contributed by atoms with Crippen LogP contribution in [0.2, 0.25) is 0 Å². The number of rotatable bonds is 1. The van der Waals surface area contributed by atoms with E-state index in [1.54, 1.807) is 0 Å². The molecule has 1 aromatic carbocycles. The van der Waals surface area contributed by atoms with Gasteiger partial charge < -0.3 is 5.11 Å². The molecule has 1 aliphatic carbocycles. The largest absolute Gasteiger partial charge is 0.385 e. The van der Waals surface area contributed by atoms with Gasteiger partial charge in [0.25, 0.3) is 0 Å². The fourth-order valence-corrected chi connectivity index (χ4v) is 2.28. The van der Waals surface area contributed by atoms with Crippen molar-refractivity contribution in [1.29, 1.82) is 0 Å². The van der Waals surface area contributed by atoms with Gasteiger partial charge in [0.05, 0.1) is 5.60 Å². The molecular weight excluding hydrogens is 160 g/mol. The van der Waals surface area contributed by atoms with Crippen LogP contribution in [0.4, 0.5) is 0 Å². The Morgan fingerprint density at radius 1 is 1.08 bits per heavy atom. The van der Waals surface area contributed by atoms with Crippen LogP contribution in [0.1, 0.15) is 35.1 Å². The SMILES string of the molecule is Cc1cc(C)c(C2(O)CC2)c(C)c1. The third kappa shape index (κ3) is 1.37. The first-order chi connectivity index (χ1) is 6.03. The highest BCUT2D eigenvalue weighted by Gasteiger charge is 2.43. The van der Waals surface area contributed by atoms with Crippen LogP contribution in [0, 0.1) is 20.8 Å². The normalized spacial score (nSPS) is 18.8. The van der Waals surface area contributed by atoms with Gasteiger partial charge in [-0.1, -0.05) is 17.7 Å². The smallest absolute Gasteiger partial charge is 0.0904 e. The molecule has 0 atom stereocenters. The van der Waals surface area contributed by atoms with Crippen LogP contribution < -0.4 is 0 Å². The summed E-state index contributed by atoms with van der Waals surface area (Å²) in [5.41, 5.74) is 4.43. The Bertz CT molecular complexity index is 325. The number of aryl methyl sites for hydroxylation is 3. The lowest BCUT2D eigenvalue weighted by Gasteiger charge is -2.16. The van der Waals surface area contributed by atoms with Crippen molar-refractivity contribution in [2.75, 3.05) is 0 Å². The zero-order valence-corrected chi connectivity index (χ0v) is 8.52. The minimum atomic E-state index is -0.484. The lowest BCUT2D eigenvalue weighted by molar-refractivity contribution is 0.150. The zero-order valence-electron chi connectivity index (χ0n) is 8.52. The summed E-state index contributed by atoms with van der Waals surface area (Å²) in [6.45, 7) is 6.28. The van der Waals surface area contributed by atoms with E-state index < -0.39 is 5.60 Å². The Morgan fingerprint density at radius 2 is 1.54 bits per heavy atom. The maximum Gasteiger partial charge on any atom is 0.0904 e. The van der Waals surface area contributed by atoms with Crippen LogP contribution in [0.15, 0.2) is 12.1 Å². The van der Waals surface area contributed by atoms with E-state index >= 15 is 0 Å². The predicted molar refractivity (Wildman–Crippen MR) is 53.8 cm³/mol. The highest BCUT2D eigenvalue weighted by molar-refractivity contribution is 5.43. The molecule has 1 N–H and O–H groups in total. The van der Waals surface area contributed by atoms with Crippen molar-refractivity contribution < 1.29 is 5.11 Å². The van der Waals surface area contributed by atoms with E-state index in [1.165, 1.54) is 16.7 Å². The Labute approximate surface area is 79.4 Å². The second-order valence-electron chi connectivity index (χ2n) is 4.31. The molecule has 0 heterocycles. The molecule has 0 radical (unpaired) electrons. The van der Waals surface area contributed by atoms with Crippen molar-refractivity contribution in [3.05, 3.63) is 34.4 Å². The van der Waals surface area contributed by atoms with E-state index in [-0.39, 0.29) is 0 Å².